The van der Waals surface area contributed by atoms with Gasteiger partial charge in [-0.1, -0.05) is 36.4 Å². The fraction of sp³-hybridized carbons (Fsp3) is 0.343. The number of nitrogens with one attached hydrogen (secondary N) is 1. The van der Waals surface area contributed by atoms with Gasteiger partial charge in [-0.25, -0.2) is 9.37 Å². The largest absolute Gasteiger partial charge is 0.351 e. The van der Waals surface area contributed by atoms with E-state index >= 15 is 0 Å². The van der Waals surface area contributed by atoms with Crippen molar-refractivity contribution in [1.82, 2.24) is 4.98 Å². The molecule has 218 valence electrons. The second-order valence-corrected chi connectivity index (χ2v) is 13.6. The Kier molecular flexibility index (Phi) is 6.37. The molecule has 2 aromatic heterocycles. The minimum Gasteiger partial charge on any atom is -0.351 e. The Labute approximate surface area is 254 Å². The Hall–Kier alpha value is -4.04. The second-order valence-electron chi connectivity index (χ2n) is 12.6. The second kappa shape index (κ2) is 10.3. The maximum Gasteiger partial charge on any atom is 0.276 e. The minimum atomic E-state index is -0.455. The molecule has 3 aliphatic heterocycles. The number of aryl methyl sites for hydroxylation is 1. The van der Waals surface area contributed by atoms with E-state index in [0.717, 1.165) is 39.3 Å². The number of carbonyl (C=O) groups is 2. The van der Waals surface area contributed by atoms with Gasteiger partial charge in [-0.15, -0.1) is 11.3 Å². The number of carbonyl (C=O) groups excluding carboxylic acids is 2. The molecule has 0 unspecified atom stereocenters. The molecule has 5 aliphatic rings. The lowest BCUT2D eigenvalue weighted by Gasteiger charge is -2.57. The first-order chi connectivity index (χ1) is 20.9. The predicted molar refractivity (Wildman–Crippen MR) is 169 cm³/mol. The van der Waals surface area contributed by atoms with Crippen LogP contribution in [0.4, 0.5) is 21.6 Å². The molecular formula is C35H33FN4O2S. The molecule has 2 aliphatic carbocycles. The van der Waals surface area contributed by atoms with Gasteiger partial charge in [0.15, 0.2) is 0 Å². The van der Waals surface area contributed by atoms with Gasteiger partial charge in [-0.2, -0.15) is 0 Å². The predicted octanol–water partition coefficient (Wildman–Crippen LogP) is 7.48. The van der Waals surface area contributed by atoms with Crippen LogP contribution in [-0.2, 0) is 6.42 Å². The van der Waals surface area contributed by atoms with Gasteiger partial charge in [0.25, 0.3) is 11.8 Å². The van der Waals surface area contributed by atoms with E-state index in [1.54, 1.807) is 19.1 Å². The number of fused-ring (bicyclic) bond motifs is 3. The molecular weight excluding hydrogens is 559 g/mol. The van der Waals surface area contributed by atoms with Crippen LogP contribution in [0, 0.1) is 24.6 Å². The molecule has 4 aromatic rings. The smallest absolute Gasteiger partial charge is 0.276 e. The van der Waals surface area contributed by atoms with Crippen LogP contribution in [-0.4, -0.2) is 35.4 Å². The highest BCUT2D eigenvalue weighted by atomic mass is 32.1. The van der Waals surface area contributed by atoms with Gasteiger partial charge < -0.3 is 15.1 Å². The van der Waals surface area contributed by atoms with E-state index in [4.69, 9.17) is 4.98 Å². The summed E-state index contributed by atoms with van der Waals surface area (Å²) in [5.41, 5.74) is 4.07. The number of anilines is 3. The number of rotatable bonds is 4. The number of aromatic nitrogens is 1. The zero-order valence-electron chi connectivity index (χ0n) is 24.1. The SMILES string of the molecule is Cc1cccc(F)c1NC(=O)c1cc2c(s1)-c1ccccc1N(C(=O)c1cccc(N3C4CC5CC(C4)CC3C5)n1)CC2. The Bertz CT molecular complexity index is 1720. The number of hydrogen-bond acceptors (Lipinski definition) is 5. The quantitative estimate of drug-likeness (QED) is 0.267. The van der Waals surface area contributed by atoms with Gasteiger partial charge in [0.2, 0.25) is 0 Å². The van der Waals surface area contributed by atoms with Crippen molar-refractivity contribution in [3.63, 3.8) is 0 Å². The van der Waals surface area contributed by atoms with Crippen LogP contribution in [0.1, 0.15) is 63.4 Å². The Balaban J connectivity index is 1.08. The van der Waals surface area contributed by atoms with Gasteiger partial charge >= 0.3 is 0 Å². The van der Waals surface area contributed by atoms with Crippen molar-refractivity contribution >= 4 is 40.3 Å². The number of para-hydroxylation sites is 2. The van der Waals surface area contributed by atoms with E-state index in [1.807, 2.05) is 47.4 Å². The van der Waals surface area contributed by atoms with Crippen LogP contribution in [0.15, 0.2) is 66.7 Å². The number of piperidine rings is 2. The van der Waals surface area contributed by atoms with Crippen LogP contribution in [0.25, 0.3) is 10.4 Å². The van der Waals surface area contributed by atoms with Gasteiger partial charge in [0.05, 0.1) is 16.3 Å². The van der Waals surface area contributed by atoms with Crippen LogP contribution < -0.4 is 15.1 Å². The number of benzene rings is 2. The lowest BCUT2D eigenvalue weighted by Crippen LogP contribution is -2.58. The van der Waals surface area contributed by atoms with Crippen molar-refractivity contribution < 1.29 is 14.0 Å². The molecule has 43 heavy (non-hydrogen) atoms. The molecule has 2 amide bonds. The van der Waals surface area contributed by atoms with Crippen molar-refractivity contribution in [1.29, 1.82) is 0 Å². The van der Waals surface area contributed by atoms with Crippen molar-refractivity contribution in [2.24, 2.45) is 11.8 Å². The monoisotopic (exact) mass is 592 g/mol. The summed E-state index contributed by atoms with van der Waals surface area (Å²) in [5, 5.41) is 2.76. The highest BCUT2D eigenvalue weighted by Gasteiger charge is 2.47. The molecule has 5 heterocycles. The van der Waals surface area contributed by atoms with E-state index in [9.17, 15) is 14.0 Å². The third-order valence-electron chi connectivity index (χ3n) is 9.88. The van der Waals surface area contributed by atoms with E-state index in [1.165, 1.54) is 49.5 Å². The van der Waals surface area contributed by atoms with Crippen molar-refractivity contribution in [2.75, 3.05) is 21.7 Å². The number of thiophene rings is 1. The summed E-state index contributed by atoms with van der Waals surface area (Å²) >= 11 is 1.38. The highest BCUT2D eigenvalue weighted by Crippen LogP contribution is 2.50. The molecule has 4 fully saturated rings. The first kappa shape index (κ1) is 26.6. The van der Waals surface area contributed by atoms with Crippen molar-refractivity contribution in [3.05, 3.63) is 94.2 Å². The molecule has 2 saturated carbocycles. The average molecular weight is 593 g/mol. The van der Waals surface area contributed by atoms with Crippen LogP contribution >= 0.6 is 11.3 Å². The molecule has 2 saturated heterocycles. The molecule has 8 heteroatoms. The standard InChI is InChI=1S/C35H33FN4O2S/c1-20-6-4-8-27(36)32(20)38-34(41)30-19-23-12-13-39(29-10-3-2-7-26(29)33(23)43-30)35(42)28-9-5-11-31(37-28)40-24-15-21-14-22(17-24)18-25(40)16-21/h2-11,19,21-22,24-25H,12-18H2,1H3,(H,38,41). The molecule has 4 bridgehead atoms. The average Bonchev–Trinajstić information content (AvgIpc) is 3.37. The zero-order valence-corrected chi connectivity index (χ0v) is 24.9. The van der Waals surface area contributed by atoms with E-state index in [-0.39, 0.29) is 17.5 Å². The number of hydrogen-bond donors (Lipinski definition) is 1. The number of halogens is 1. The van der Waals surface area contributed by atoms with Crippen LogP contribution in [0.2, 0.25) is 0 Å². The van der Waals surface area contributed by atoms with Crippen molar-refractivity contribution in [3.8, 4) is 10.4 Å². The summed E-state index contributed by atoms with van der Waals surface area (Å²) in [7, 11) is 0. The summed E-state index contributed by atoms with van der Waals surface area (Å²) in [5.74, 6) is 1.74. The highest BCUT2D eigenvalue weighted by molar-refractivity contribution is 7.17. The summed E-state index contributed by atoms with van der Waals surface area (Å²) < 4.78 is 14.4. The molecule has 9 rings (SSSR count). The first-order valence-electron chi connectivity index (χ1n) is 15.3. The third kappa shape index (κ3) is 4.54. The maximum atomic E-state index is 14.4. The first-order valence-corrected chi connectivity index (χ1v) is 16.1. The fourth-order valence-electron chi connectivity index (χ4n) is 8.12. The van der Waals surface area contributed by atoms with E-state index in [0.29, 0.717) is 41.2 Å². The Morgan fingerprint density at radius 1 is 0.930 bits per heavy atom. The minimum absolute atomic E-state index is 0.109. The Morgan fingerprint density at radius 2 is 1.67 bits per heavy atom. The summed E-state index contributed by atoms with van der Waals surface area (Å²) in [6.07, 6.45) is 6.97. The topological polar surface area (TPSA) is 65.5 Å². The van der Waals surface area contributed by atoms with Gasteiger partial charge in [0, 0.05) is 29.1 Å². The van der Waals surface area contributed by atoms with Crippen LogP contribution in [0.5, 0.6) is 0 Å². The molecule has 6 nitrogen and oxygen atoms in total. The molecule has 0 atom stereocenters. The van der Waals surface area contributed by atoms with Crippen LogP contribution in [0.3, 0.4) is 0 Å². The number of nitrogens with zero attached hydrogens (tertiary/aromatic N) is 3. The van der Waals surface area contributed by atoms with E-state index < -0.39 is 5.82 Å². The Morgan fingerprint density at radius 3 is 2.44 bits per heavy atom. The molecule has 0 spiro atoms. The number of amides is 2. The molecule has 2 aromatic carbocycles. The lowest BCUT2D eigenvalue weighted by molar-refractivity contribution is 0.0889. The normalized spacial score (nSPS) is 23.5. The van der Waals surface area contributed by atoms with Gasteiger partial charge in [0.1, 0.15) is 17.3 Å². The summed E-state index contributed by atoms with van der Waals surface area (Å²) in [6, 6.07) is 21.5. The molecule has 1 N–H and O–H groups in total. The fourth-order valence-corrected chi connectivity index (χ4v) is 9.26. The van der Waals surface area contributed by atoms with E-state index in [2.05, 4.69) is 16.3 Å². The van der Waals surface area contributed by atoms with Gasteiger partial charge in [-0.3, -0.25) is 9.59 Å². The summed E-state index contributed by atoms with van der Waals surface area (Å²) in [4.78, 5) is 38.1. The zero-order chi connectivity index (χ0) is 29.2. The maximum absolute atomic E-state index is 14.4. The molecule has 0 radical (unpaired) electrons. The number of pyridine rings is 1. The summed E-state index contributed by atoms with van der Waals surface area (Å²) in [6.45, 7) is 2.24. The van der Waals surface area contributed by atoms with Gasteiger partial charge in [-0.05, 0) is 98.7 Å². The van der Waals surface area contributed by atoms with Crippen molar-refractivity contribution in [2.45, 2.75) is 57.5 Å². The third-order valence-corrected chi connectivity index (χ3v) is 11.1. The lowest BCUT2D eigenvalue weighted by atomic mass is 9.63.